The van der Waals surface area contributed by atoms with Gasteiger partial charge in [0.05, 0.1) is 0 Å². The van der Waals surface area contributed by atoms with Gasteiger partial charge in [-0.1, -0.05) is 6.07 Å². The van der Waals surface area contributed by atoms with E-state index in [1.165, 1.54) is 0 Å². The van der Waals surface area contributed by atoms with Crippen molar-refractivity contribution in [1.82, 2.24) is 0 Å². The lowest BCUT2D eigenvalue weighted by atomic mass is 9.91. The lowest BCUT2D eigenvalue weighted by molar-refractivity contribution is -0.133. The summed E-state index contributed by atoms with van der Waals surface area (Å²) in [6, 6.07) is 5.68. The Morgan fingerprint density at radius 2 is 1.70 bits per heavy atom. The molecule has 0 bridgehead atoms. The summed E-state index contributed by atoms with van der Waals surface area (Å²) in [6.45, 7) is 3.99. The number of carboxylic acids is 1. The number of anilines is 1. The van der Waals surface area contributed by atoms with E-state index in [0.717, 1.165) is 24.0 Å². The minimum Gasteiger partial charge on any atom is -0.478 e. The van der Waals surface area contributed by atoms with E-state index in [1.807, 2.05) is 32.0 Å². The Morgan fingerprint density at radius 3 is 2.30 bits per heavy atom. The molecular weight excluding hydrogens is 254 g/mol. The van der Waals surface area contributed by atoms with Crippen molar-refractivity contribution in [3.63, 3.8) is 0 Å². The van der Waals surface area contributed by atoms with Crippen LogP contribution in [0.4, 0.5) is 5.69 Å². The first-order valence-electron chi connectivity index (χ1n) is 6.83. The lowest BCUT2D eigenvalue weighted by Crippen LogP contribution is -2.21. The van der Waals surface area contributed by atoms with Gasteiger partial charge >= 0.3 is 5.97 Å². The highest BCUT2D eigenvalue weighted by atomic mass is 16.4. The number of nitrogens with one attached hydrogen (secondary N) is 1. The van der Waals surface area contributed by atoms with Crippen LogP contribution < -0.4 is 5.32 Å². The molecule has 20 heavy (non-hydrogen) atoms. The molecule has 1 amide bonds. The van der Waals surface area contributed by atoms with E-state index < -0.39 is 5.97 Å². The molecule has 1 aliphatic carbocycles. The summed E-state index contributed by atoms with van der Waals surface area (Å²) < 4.78 is 0. The van der Waals surface area contributed by atoms with Gasteiger partial charge in [0.15, 0.2) is 0 Å². The van der Waals surface area contributed by atoms with Gasteiger partial charge in [-0.15, -0.1) is 0 Å². The van der Waals surface area contributed by atoms with Gasteiger partial charge in [0.25, 0.3) is 5.91 Å². The Kier molecular flexibility index (Phi) is 4.23. The summed E-state index contributed by atoms with van der Waals surface area (Å²) in [5.41, 5.74) is 3.64. The zero-order valence-corrected chi connectivity index (χ0v) is 11.8. The summed E-state index contributed by atoms with van der Waals surface area (Å²) in [4.78, 5) is 23.4. The fourth-order valence-electron chi connectivity index (χ4n) is 2.42. The van der Waals surface area contributed by atoms with Crippen LogP contribution in [0, 0.1) is 13.8 Å². The van der Waals surface area contributed by atoms with Gasteiger partial charge in [0, 0.05) is 16.8 Å². The summed E-state index contributed by atoms with van der Waals surface area (Å²) in [5, 5.41) is 12.0. The molecule has 1 aliphatic rings. The molecule has 0 saturated heterocycles. The van der Waals surface area contributed by atoms with E-state index in [2.05, 4.69) is 5.32 Å². The van der Waals surface area contributed by atoms with Crippen LogP contribution in [0.25, 0.3) is 0 Å². The van der Waals surface area contributed by atoms with Gasteiger partial charge in [-0.05, 0) is 62.8 Å². The topological polar surface area (TPSA) is 66.4 Å². The van der Waals surface area contributed by atoms with Crippen LogP contribution in [0.15, 0.2) is 29.3 Å². The van der Waals surface area contributed by atoms with E-state index >= 15 is 0 Å². The molecule has 4 nitrogen and oxygen atoms in total. The monoisotopic (exact) mass is 273 g/mol. The Balaban J connectivity index is 2.22. The van der Waals surface area contributed by atoms with E-state index in [4.69, 9.17) is 5.11 Å². The van der Waals surface area contributed by atoms with Crippen LogP contribution >= 0.6 is 0 Å². The first-order chi connectivity index (χ1) is 9.49. The number of benzene rings is 1. The molecule has 1 aromatic rings. The predicted octanol–water partition coefficient (Wildman–Crippen LogP) is 3.20. The average Bonchev–Trinajstić information content (AvgIpc) is 2.43. The van der Waals surface area contributed by atoms with E-state index in [1.54, 1.807) is 0 Å². The molecular formula is C16H19NO3. The summed E-state index contributed by atoms with van der Waals surface area (Å²) in [5.74, 6) is -1.26. The number of carboxylic acid groups (broad SMARTS) is 1. The molecule has 4 heteroatoms. The maximum atomic E-state index is 12.2. The number of rotatable bonds is 3. The van der Waals surface area contributed by atoms with Crippen molar-refractivity contribution >= 4 is 17.6 Å². The minimum atomic E-state index is -0.977. The molecule has 0 fully saturated rings. The van der Waals surface area contributed by atoms with E-state index in [-0.39, 0.29) is 11.5 Å². The highest BCUT2D eigenvalue weighted by Gasteiger charge is 2.23. The third kappa shape index (κ3) is 3.07. The number of carbonyl (C=O) groups is 2. The van der Waals surface area contributed by atoms with Crippen molar-refractivity contribution in [2.45, 2.75) is 39.5 Å². The largest absolute Gasteiger partial charge is 0.478 e. The van der Waals surface area contributed by atoms with Crippen LogP contribution in [0.5, 0.6) is 0 Å². The third-order valence-corrected chi connectivity index (χ3v) is 3.76. The summed E-state index contributed by atoms with van der Waals surface area (Å²) in [7, 11) is 0. The van der Waals surface area contributed by atoms with Gasteiger partial charge < -0.3 is 10.4 Å². The number of amides is 1. The third-order valence-electron chi connectivity index (χ3n) is 3.76. The average molecular weight is 273 g/mol. The highest BCUT2D eigenvalue weighted by Crippen LogP contribution is 2.26. The number of hydrogen-bond donors (Lipinski definition) is 2. The van der Waals surface area contributed by atoms with E-state index in [0.29, 0.717) is 24.1 Å². The van der Waals surface area contributed by atoms with Gasteiger partial charge in [-0.2, -0.15) is 0 Å². The number of hydrogen-bond acceptors (Lipinski definition) is 2. The molecule has 0 aliphatic heterocycles. The number of aliphatic carboxylic acids is 1. The van der Waals surface area contributed by atoms with E-state index in [9.17, 15) is 9.59 Å². The van der Waals surface area contributed by atoms with Crippen molar-refractivity contribution in [2.24, 2.45) is 0 Å². The minimum absolute atomic E-state index is 0.262. The van der Waals surface area contributed by atoms with Crippen LogP contribution in [0.1, 0.15) is 36.8 Å². The van der Waals surface area contributed by atoms with Crippen LogP contribution in [-0.4, -0.2) is 17.0 Å². The number of carbonyl (C=O) groups excluding carboxylic acids is 1. The van der Waals surface area contributed by atoms with Gasteiger partial charge in [0.1, 0.15) is 0 Å². The lowest BCUT2D eigenvalue weighted by Gasteiger charge is -2.17. The van der Waals surface area contributed by atoms with Crippen LogP contribution in [-0.2, 0) is 9.59 Å². The van der Waals surface area contributed by atoms with Crippen LogP contribution in [0.3, 0.4) is 0 Å². The van der Waals surface area contributed by atoms with Crippen molar-refractivity contribution in [1.29, 1.82) is 0 Å². The molecule has 0 heterocycles. The van der Waals surface area contributed by atoms with Gasteiger partial charge in [-0.25, -0.2) is 4.79 Å². The summed E-state index contributed by atoms with van der Waals surface area (Å²) >= 11 is 0. The molecule has 1 aromatic carbocycles. The normalized spacial score (nSPS) is 15.1. The smallest absolute Gasteiger partial charge is 0.332 e. The molecule has 0 atom stereocenters. The Morgan fingerprint density at radius 1 is 1.05 bits per heavy atom. The molecule has 2 N–H and O–H groups in total. The maximum absolute atomic E-state index is 12.2. The van der Waals surface area contributed by atoms with Crippen molar-refractivity contribution in [3.8, 4) is 0 Å². The zero-order chi connectivity index (χ0) is 14.7. The first-order valence-corrected chi connectivity index (χ1v) is 6.83. The van der Waals surface area contributed by atoms with Crippen molar-refractivity contribution in [2.75, 3.05) is 5.32 Å². The molecule has 0 radical (unpaired) electrons. The van der Waals surface area contributed by atoms with Crippen LogP contribution in [0.2, 0.25) is 0 Å². The molecule has 106 valence electrons. The predicted molar refractivity (Wildman–Crippen MR) is 77.7 cm³/mol. The summed E-state index contributed by atoms with van der Waals surface area (Å²) in [6.07, 6.45) is 2.72. The Labute approximate surface area is 118 Å². The Hall–Kier alpha value is -2.10. The first kappa shape index (κ1) is 14.3. The zero-order valence-electron chi connectivity index (χ0n) is 11.8. The second-order valence-electron chi connectivity index (χ2n) is 5.22. The second kappa shape index (κ2) is 5.90. The highest BCUT2D eigenvalue weighted by molar-refractivity contribution is 6.08. The molecule has 0 unspecified atom stereocenters. The standard InChI is InChI=1S/C16H19NO3/c1-10-7-8-12(9-11(10)2)17-15(18)13-5-3-4-6-14(13)16(19)20/h7-9H,3-6H2,1-2H3,(H,17,18)(H,19,20). The molecule has 0 spiro atoms. The SMILES string of the molecule is Cc1ccc(NC(=O)C2=C(C(=O)O)CCCC2)cc1C. The number of aryl methyl sites for hydroxylation is 2. The maximum Gasteiger partial charge on any atom is 0.332 e. The molecule has 0 saturated carbocycles. The fourth-order valence-corrected chi connectivity index (χ4v) is 2.42. The van der Waals surface area contributed by atoms with Crippen molar-refractivity contribution < 1.29 is 14.7 Å². The second-order valence-corrected chi connectivity index (χ2v) is 5.22. The fraction of sp³-hybridized carbons (Fsp3) is 0.375. The molecule has 2 rings (SSSR count). The molecule has 0 aromatic heterocycles. The van der Waals surface area contributed by atoms with Crippen molar-refractivity contribution in [3.05, 3.63) is 40.5 Å². The van der Waals surface area contributed by atoms with Gasteiger partial charge in [-0.3, -0.25) is 4.79 Å². The quantitative estimate of drug-likeness (QED) is 0.888. The van der Waals surface area contributed by atoms with Gasteiger partial charge in [0.2, 0.25) is 0 Å². The Bertz CT molecular complexity index is 587.